The Kier molecular flexibility index (Phi) is 8.83. The smallest absolute Gasteiger partial charge is 0.238 e. The SMILES string of the molecule is CSc1cc(-c2ccc3c4ccccc4n(-c4nc(-c5ccccc5)nc(-c5ccc(-c6ccccc6)cc5)n4)c3c2)ccc1-c1cc2c3c(cccc3c1)Sc1ncccc1-2. The number of nitrogens with zero attached hydrogens (tertiary/aromatic N) is 5. The maximum absolute atomic E-state index is 5.24. The summed E-state index contributed by atoms with van der Waals surface area (Å²) < 4.78 is 2.20. The first-order valence-corrected chi connectivity index (χ1v) is 22.6. The van der Waals surface area contributed by atoms with Crippen LogP contribution in [0.15, 0.2) is 209 Å². The lowest BCUT2D eigenvalue weighted by Crippen LogP contribution is -2.06. The van der Waals surface area contributed by atoms with Crippen LogP contribution in [-0.4, -0.2) is 30.8 Å². The van der Waals surface area contributed by atoms with E-state index in [-0.39, 0.29) is 0 Å². The van der Waals surface area contributed by atoms with Crippen LogP contribution in [0.1, 0.15) is 0 Å². The Morgan fingerprint density at radius 2 is 1.11 bits per heavy atom. The second-order valence-corrected chi connectivity index (χ2v) is 17.3. The average molecular weight is 830 g/mol. The Bertz CT molecular complexity index is 3530. The maximum atomic E-state index is 5.24. The number of thioether (sulfide) groups is 1. The number of aromatic nitrogens is 5. The molecule has 0 unspecified atom stereocenters. The lowest BCUT2D eigenvalue weighted by atomic mass is 9.92. The molecule has 1 aliphatic rings. The van der Waals surface area contributed by atoms with E-state index in [1.165, 1.54) is 48.4 Å². The molecular weight excluding hydrogens is 795 g/mol. The van der Waals surface area contributed by atoms with E-state index in [1.54, 1.807) is 23.5 Å². The number of hydrogen-bond donors (Lipinski definition) is 0. The van der Waals surface area contributed by atoms with Gasteiger partial charge in [0.2, 0.25) is 5.95 Å². The molecule has 0 atom stereocenters. The molecule has 11 aromatic rings. The van der Waals surface area contributed by atoms with E-state index < -0.39 is 0 Å². The zero-order chi connectivity index (χ0) is 41.1. The molecule has 12 rings (SSSR count). The largest absolute Gasteiger partial charge is 0.278 e. The van der Waals surface area contributed by atoms with Crippen molar-refractivity contribution in [2.24, 2.45) is 0 Å². The third-order valence-corrected chi connectivity index (χ3v) is 13.7. The number of pyridine rings is 1. The summed E-state index contributed by atoms with van der Waals surface area (Å²) in [4.78, 5) is 22.7. The normalized spacial score (nSPS) is 12.0. The van der Waals surface area contributed by atoms with Crippen LogP contribution >= 0.6 is 23.5 Å². The quantitative estimate of drug-likeness (QED) is 0.149. The van der Waals surface area contributed by atoms with Gasteiger partial charge in [0.05, 0.1) is 11.0 Å². The van der Waals surface area contributed by atoms with Crippen molar-refractivity contribution in [1.29, 1.82) is 0 Å². The highest BCUT2D eigenvalue weighted by molar-refractivity contribution is 7.99. The van der Waals surface area contributed by atoms with E-state index >= 15 is 0 Å². The van der Waals surface area contributed by atoms with Gasteiger partial charge < -0.3 is 0 Å². The van der Waals surface area contributed by atoms with Gasteiger partial charge in [0.15, 0.2) is 11.6 Å². The van der Waals surface area contributed by atoms with Crippen molar-refractivity contribution in [2.75, 3.05) is 6.26 Å². The zero-order valence-corrected chi connectivity index (χ0v) is 35.2. The van der Waals surface area contributed by atoms with E-state index in [0.717, 1.165) is 54.6 Å². The Hall–Kier alpha value is -7.32. The van der Waals surface area contributed by atoms with Gasteiger partial charge in [-0.05, 0) is 93.1 Å². The number of fused-ring (bicyclic) bond motifs is 5. The molecule has 7 heteroatoms. The van der Waals surface area contributed by atoms with Crippen LogP contribution < -0.4 is 0 Å². The predicted octanol–water partition coefficient (Wildman–Crippen LogP) is 14.7. The molecule has 3 aromatic heterocycles. The topological polar surface area (TPSA) is 56.5 Å². The summed E-state index contributed by atoms with van der Waals surface area (Å²) in [6.07, 6.45) is 4.05. The first kappa shape index (κ1) is 36.5. The standard InChI is InChI=1S/C55H35N5S2/c1-61-50-33-39(25-27-42(50)41-30-40-16-10-20-49-51(40)46(31-41)45-18-11-29-56-54(45)62-49)38-26-28-44-43-17-8-9-19-47(43)60(48(44)32-38)55-58-52(36-14-6-3-7-15-36)57-53(59-55)37-23-21-35(22-24-37)34-12-4-2-5-13-34/h2-33H,1H3. The summed E-state index contributed by atoms with van der Waals surface area (Å²) in [6, 6.07) is 66.8. The predicted molar refractivity (Wildman–Crippen MR) is 258 cm³/mol. The monoisotopic (exact) mass is 829 g/mol. The molecule has 0 radical (unpaired) electrons. The van der Waals surface area contributed by atoms with Gasteiger partial charge in [-0.25, -0.2) is 9.97 Å². The minimum atomic E-state index is 0.572. The minimum Gasteiger partial charge on any atom is -0.278 e. The van der Waals surface area contributed by atoms with Crippen molar-refractivity contribution in [1.82, 2.24) is 24.5 Å². The molecule has 292 valence electrons. The van der Waals surface area contributed by atoms with Gasteiger partial charge in [0.1, 0.15) is 5.03 Å². The number of rotatable bonds is 7. The highest BCUT2D eigenvalue weighted by atomic mass is 32.2. The summed E-state index contributed by atoms with van der Waals surface area (Å²) in [6.45, 7) is 0. The number of hydrogen-bond acceptors (Lipinski definition) is 6. The summed E-state index contributed by atoms with van der Waals surface area (Å²) in [5.74, 6) is 1.81. The van der Waals surface area contributed by atoms with Crippen LogP contribution in [0.2, 0.25) is 0 Å². The maximum Gasteiger partial charge on any atom is 0.238 e. The van der Waals surface area contributed by atoms with Crippen LogP contribution in [0, 0.1) is 0 Å². The van der Waals surface area contributed by atoms with Crippen molar-refractivity contribution in [3.63, 3.8) is 0 Å². The molecule has 4 heterocycles. The van der Waals surface area contributed by atoms with Crippen molar-refractivity contribution in [3.05, 3.63) is 194 Å². The molecule has 0 N–H and O–H groups in total. The van der Waals surface area contributed by atoms with Crippen LogP contribution in [-0.2, 0) is 0 Å². The second kappa shape index (κ2) is 15.0. The lowest BCUT2D eigenvalue weighted by molar-refractivity contribution is 0.953. The molecule has 0 amide bonds. The fourth-order valence-electron chi connectivity index (χ4n) is 8.86. The van der Waals surface area contributed by atoms with E-state index in [9.17, 15) is 0 Å². The summed E-state index contributed by atoms with van der Waals surface area (Å²) in [7, 11) is 0. The molecule has 0 saturated heterocycles. The van der Waals surface area contributed by atoms with Crippen molar-refractivity contribution in [2.45, 2.75) is 14.8 Å². The van der Waals surface area contributed by atoms with Gasteiger partial charge in [-0.3, -0.25) is 4.57 Å². The summed E-state index contributed by atoms with van der Waals surface area (Å²) >= 11 is 3.53. The van der Waals surface area contributed by atoms with Gasteiger partial charge in [0, 0.05) is 48.8 Å². The van der Waals surface area contributed by atoms with E-state index in [1.807, 2.05) is 36.5 Å². The first-order valence-electron chi connectivity index (χ1n) is 20.6. The van der Waals surface area contributed by atoms with Gasteiger partial charge in [-0.1, -0.05) is 157 Å². The highest BCUT2D eigenvalue weighted by Crippen LogP contribution is 2.49. The Balaban J connectivity index is 0.997. The van der Waals surface area contributed by atoms with E-state index in [4.69, 9.17) is 19.9 Å². The lowest BCUT2D eigenvalue weighted by Gasteiger charge is -2.21. The van der Waals surface area contributed by atoms with Crippen molar-refractivity contribution >= 4 is 56.1 Å². The molecule has 8 aromatic carbocycles. The van der Waals surface area contributed by atoms with Crippen LogP contribution in [0.25, 0.3) is 106 Å². The number of para-hydroxylation sites is 1. The Labute approximate surface area is 367 Å². The third kappa shape index (κ3) is 6.20. The van der Waals surface area contributed by atoms with Crippen LogP contribution in [0.3, 0.4) is 0 Å². The van der Waals surface area contributed by atoms with Crippen LogP contribution in [0.4, 0.5) is 0 Å². The fraction of sp³-hybridized carbons (Fsp3) is 0.0182. The molecule has 62 heavy (non-hydrogen) atoms. The van der Waals surface area contributed by atoms with Crippen molar-refractivity contribution in [3.8, 4) is 73.2 Å². The third-order valence-electron chi connectivity index (χ3n) is 11.8. The Morgan fingerprint density at radius 1 is 0.452 bits per heavy atom. The van der Waals surface area contributed by atoms with Crippen LogP contribution in [0.5, 0.6) is 0 Å². The number of benzene rings is 8. The molecule has 5 nitrogen and oxygen atoms in total. The summed E-state index contributed by atoms with van der Waals surface area (Å²) in [5.41, 5.74) is 13.3. The first-order chi connectivity index (χ1) is 30.7. The van der Waals surface area contributed by atoms with Gasteiger partial charge in [0.25, 0.3) is 0 Å². The van der Waals surface area contributed by atoms with E-state index in [2.05, 4.69) is 169 Å². The molecule has 0 spiro atoms. The van der Waals surface area contributed by atoms with Gasteiger partial charge in [-0.2, -0.15) is 9.97 Å². The molecule has 0 aliphatic carbocycles. The molecule has 1 aliphatic heterocycles. The van der Waals surface area contributed by atoms with Gasteiger partial charge in [-0.15, -0.1) is 11.8 Å². The molecule has 0 fully saturated rings. The fourth-order valence-corrected chi connectivity index (χ4v) is 10.6. The molecule has 0 bridgehead atoms. The average Bonchev–Trinajstić information content (AvgIpc) is 3.68. The molecule has 0 saturated carbocycles. The summed E-state index contributed by atoms with van der Waals surface area (Å²) in [5, 5.41) is 5.88. The second-order valence-electron chi connectivity index (χ2n) is 15.4. The Morgan fingerprint density at radius 3 is 1.92 bits per heavy atom. The highest BCUT2D eigenvalue weighted by Gasteiger charge is 2.23. The minimum absolute atomic E-state index is 0.572. The zero-order valence-electron chi connectivity index (χ0n) is 33.5. The van der Waals surface area contributed by atoms with E-state index in [0.29, 0.717) is 17.6 Å². The van der Waals surface area contributed by atoms with Crippen molar-refractivity contribution < 1.29 is 0 Å². The van der Waals surface area contributed by atoms with Gasteiger partial charge >= 0.3 is 0 Å². The molecular formula is C55H35N5S2.